The Balaban J connectivity index is 2.94. The maximum Gasteiger partial charge on any atom is 0.170 e. The zero-order valence-electron chi connectivity index (χ0n) is 4.70. The molecule has 0 aromatic heterocycles. The molecule has 0 saturated heterocycles. The zero-order valence-corrected chi connectivity index (χ0v) is 5.52. The molecule has 0 aromatic carbocycles. The van der Waals surface area contributed by atoms with Gasteiger partial charge in [0.15, 0.2) is 15.6 Å². The molecule has 3 nitrogen and oxygen atoms in total. The fourth-order valence-corrected chi connectivity index (χ4v) is 1.69. The van der Waals surface area contributed by atoms with Gasteiger partial charge >= 0.3 is 0 Å². The highest BCUT2D eigenvalue weighted by atomic mass is 32.2. The van der Waals surface area contributed by atoms with E-state index in [1.807, 2.05) is 0 Å². The molecule has 0 N–H and O–H groups in total. The second-order valence-electron chi connectivity index (χ2n) is 1.92. The lowest BCUT2D eigenvalue weighted by atomic mass is 10.4. The van der Waals surface area contributed by atoms with Gasteiger partial charge in [-0.05, 0) is 6.08 Å². The lowest BCUT2D eigenvalue weighted by molar-refractivity contribution is -0.112. The van der Waals surface area contributed by atoms with Crippen LogP contribution in [0.2, 0.25) is 0 Å². The van der Waals surface area contributed by atoms with Crippen molar-refractivity contribution in [3.05, 3.63) is 12.2 Å². The standard InChI is InChI=1S/C5H6O3S/c6-5-2-1-3-9(7,8)4-5/h1-2H,3-4H2. The van der Waals surface area contributed by atoms with Crippen molar-refractivity contribution in [3.8, 4) is 0 Å². The van der Waals surface area contributed by atoms with Crippen LogP contribution in [0.3, 0.4) is 0 Å². The van der Waals surface area contributed by atoms with Crippen LogP contribution in [0.15, 0.2) is 12.2 Å². The summed E-state index contributed by atoms with van der Waals surface area (Å²) < 4.78 is 21.2. The predicted molar refractivity (Wildman–Crippen MR) is 32.8 cm³/mol. The molecule has 0 atom stereocenters. The summed E-state index contributed by atoms with van der Waals surface area (Å²) >= 11 is 0. The molecule has 0 fully saturated rings. The molecule has 4 heteroatoms. The number of sulfone groups is 1. The predicted octanol–water partition coefficient (Wildman–Crippen LogP) is -0.460. The third-order valence-electron chi connectivity index (χ3n) is 1.02. The molecule has 50 valence electrons. The molecular formula is C5H6O3S. The van der Waals surface area contributed by atoms with Crippen LogP contribution in [0.25, 0.3) is 0 Å². The maximum absolute atomic E-state index is 10.6. The van der Waals surface area contributed by atoms with Gasteiger partial charge in [-0.3, -0.25) is 4.79 Å². The summed E-state index contributed by atoms with van der Waals surface area (Å²) in [6, 6.07) is 0. The Hall–Kier alpha value is -0.640. The molecule has 0 radical (unpaired) electrons. The molecular weight excluding hydrogens is 140 g/mol. The van der Waals surface area contributed by atoms with E-state index < -0.39 is 9.84 Å². The lowest BCUT2D eigenvalue weighted by Crippen LogP contribution is -2.20. The van der Waals surface area contributed by atoms with Crippen molar-refractivity contribution in [2.24, 2.45) is 0 Å². The second-order valence-corrected chi connectivity index (χ2v) is 4.03. The minimum Gasteiger partial charge on any atom is -0.294 e. The molecule has 0 amide bonds. The summed E-state index contributed by atoms with van der Waals surface area (Å²) in [7, 11) is -3.07. The Morgan fingerprint density at radius 3 is 2.44 bits per heavy atom. The van der Waals surface area contributed by atoms with Crippen LogP contribution in [-0.4, -0.2) is 25.7 Å². The SMILES string of the molecule is O=C1C=CCS(=O)(=O)C1. The first-order valence-corrected chi connectivity index (χ1v) is 4.32. The van der Waals surface area contributed by atoms with Gasteiger partial charge in [0.1, 0.15) is 5.75 Å². The topological polar surface area (TPSA) is 51.2 Å². The van der Waals surface area contributed by atoms with E-state index in [9.17, 15) is 13.2 Å². The number of rotatable bonds is 0. The zero-order chi connectivity index (χ0) is 6.91. The van der Waals surface area contributed by atoms with Gasteiger partial charge in [0.05, 0.1) is 5.75 Å². The quantitative estimate of drug-likeness (QED) is 0.464. The van der Waals surface area contributed by atoms with Gasteiger partial charge in [0.2, 0.25) is 0 Å². The Kier molecular flexibility index (Phi) is 1.40. The minimum atomic E-state index is -3.07. The summed E-state index contributed by atoms with van der Waals surface area (Å²) in [5.74, 6) is -0.622. The van der Waals surface area contributed by atoms with Crippen LogP contribution in [0.1, 0.15) is 0 Å². The van der Waals surface area contributed by atoms with Crippen molar-refractivity contribution in [1.82, 2.24) is 0 Å². The smallest absolute Gasteiger partial charge is 0.170 e. The number of carbonyl (C=O) groups is 1. The molecule has 9 heavy (non-hydrogen) atoms. The number of hydrogen-bond acceptors (Lipinski definition) is 3. The van der Waals surface area contributed by atoms with Crippen LogP contribution in [0, 0.1) is 0 Å². The first-order chi connectivity index (χ1) is 4.10. The Labute approximate surface area is 53.3 Å². The number of hydrogen-bond donors (Lipinski definition) is 0. The van der Waals surface area contributed by atoms with Gasteiger partial charge in [-0.15, -0.1) is 0 Å². The highest BCUT2D eigenvalue weighted by Crippen LogP contribution is 1.98. The van der Waals surface area contributed by atoms with E-state index in [2.05, 4.69) is 0 Å². The van der Waals surface area contributed by atoms with E-state index in [-0.39, 0.29) is 17.3 Å². The van der Waals surface area contributed by atoms with E-state index in [4.69, 9.17) is 0 Å². The molecule has 0 unspecified atom stereocenters. The van der Waals surface area contributed by atoms with Gasteiger partial charge in [0, 0.05) is 0 Å². The average Bonchev–Trinajstić information content (AvgIpc) is 1.60. The molecule has 1 rings (SSSR count). The van der Waals surface area contributed by atoms with Gasteiger partial charge in [-0.2, -0.15) is 0 Å². The van der Waals surface area contributed by atoms with E-state index in [1.54, 1.807) is 0 Å². The average molecular weight is 146 g/mol. The van der Waals surface area contributed by atoms with Crippen molar-refractivity contribution in [1.29, 1.82) is 0 Å². The van der Waals surface area contributed by atoms with Gasteiger partial charge < -0.3 is 0 Å². The number of allylic oxidation sites excluding steroid dienone is 1. The van der Waals surface area contributed by atoms with Crippen LogP contribution in [0.4, 0.5) is 0 Å². The van der Waals surface area contributed by atoms with Crippen LogP contribution >= 0.6 is 0 Å². The summed E-state index contributed by atoms with van der Waals surface area (Å²) in [5.41, 5.74) is 0. The molecule has 1 heterocycles. The first kappa shape index (κ1) is 6.48. The van der Waals surface area contributed by atoms with E-state index in [0.29, 0.717) is 0 Å². The highest BCUT2D eigenvalue weighted by molar-refractivity contribution is 7.92. The Bertz CT molecular complexity index is 247. The molecule has 0 aromatic rings. The van der Waals surface area contributed by atoms with Crippen molar-refractivity contribution >= 4 is 15.6 Å². The summed E-state index contributed by atoms with van der Waals surface area (Å²) in [4.78, 5) is 10.4. The molecule has 1 aliphatic heterocycles. The van der Waals surface area contributed by atoms with Crippen molar-refractivity contribution in [3.63, 3.8) is 0 Å². The van der Waals surface area contributed by atoms with Gasteiger partial charge in [0.25, 0.3) is 0 Å². The Morgan fingerprint density at radius 1 is 1.44 bits per heavy atom. The molecule has 0 aliphatic carbocycles. The normalized spacial score (nSPS) is 24.2. The monoisotopic (exact) mass is 146 g/mol. The van der Waals surface area contributed by atoms with Gasteiger partial charge in [-0.1, -0.05) is 6.08 Å². The first-order valence-electron chi connectivity index (χ1n) is 2.50. The third kappa shape index (κ3) is 1.64. The molecule has 0 bridgehead atoms. The van der Waals surface area contributed by atoms with Crippen molar-refractivity contribution in [2.75, 3.05) is 11.5 Å². The number of ketones is 1. The van der Waals surface area contributed by atoms with E-state index >= 15 is 0 Å². The third-order valence-corrected chi connectivity index (χ3v) is 2.44. The highest BCUT2D eigenvalue weighted by Gasteiger charge is 2.16. The molecule has 1 aliphatic rings. The van der Waals surface area contributed by atoms with Crippen molar-refractivity contribution in [2.45, 2.75) is 0 Å². The summed E-state index contributed by atoms with van der Waals surface area (Å²) in [6.45, 7) is 0. The minimum absolute atomic E-state index is 0.0126. The van der Waals surface area contributed by atoms with E-state index in [0.717, 1.165) is 0 Å². The molecule has 0 saturated carbocycles. The fraction of sp³-hybridized carbons (Fsp3) is 0.400. The summed E-state index contributed by atoms with van der Waals surface area (Å²) in [5, 5.41) is 0. The van der Waals surface area contributed by atoms with E-state index in [1.165, 1.54) is 12.2 Å². The van der Waals surface area contributed by atoms with Gasteiger partial charge in [-0.25, -0.2) is 8.42 Å². The second kappa shape index (κ2) is 1.95. The van der Waals surface area contributed by atoms with Crippen LogP contribution < -0.4 is 0 Å². The Morgan fingerprint density at radius 2 is 2.11 bits per heavy atom. The van der Waals surface area contributed by atoms with Crippen molar-refractivity contribution < 1.29 is 13.2 Å². The largest absolute Gasteiger partial charge is 0.294 e. The van der Waals surface area contributed by atoms with Crippen LogP contribution in [0.5, 0.6) is 0 Å². The summed E-state index contributed by atoms with van der Waals surface area (Å²) in [6.07, 6.45) is 2.68. The molecule has 0 spiro atoms. The lowest BCUT2D eigenvalue weighted by Gasteiger charge is -2.01. The van der Waals surface area contributed by atoms with Crippen LogP contribution in [-0.2, 0) is 14.6 Å². The maximum atomic E-state index is 10.6. The number of carbonyl (C=O) groups excluding carboxylic acids is 1. The fourth-order valence-electron chi connectivity index (χ4n) is 0.650.